The number of hydrogen-bond donors (Lipinski definition) is 10. The highest BCUT2D eigenvalue weighted by atomic mass is 33.1. The Kier molecular flexibility index (Phi) is 25.1. The smallest absolute Gasteiger partial charge is 0.407 e. The largest absolute Gasteiger partial charge is 0.508 e. The van der Waals surface area contributed by atoms with Crippen molar-refractivity contribution in [2.24, 2.45) is 0 Å². The molecule has 3 heterocycles. The Morgan fingerprint density at radius 1 is 0.747 bits per heavy atom. The lowest BCUT2D eigenvalue weighted by atomic mass is 10.00. The van der Waals surface area contributed by atoms with Gasteiger partial charge in [-0.2, -0.15) is 0 Å². The molecule has 1 aliphatic heterocycles. The number of carbonyl (C=O) groups excluding carboxylic acids is 7. The fraction of sp³-hybridized carbons (Fsp3) is 0.467. The number of aromatic nitrogens is 2. The quantitative estimate of drug-likeness (QED) is 0.0173. The van der Waals surface area contributed by atoms with Gasteiger partial charge in [-0.25, -0.2) is 9.78 Å². The Labute approximate surface area is 493 Å². The van der Waals surface area contributed by atoms with E-state index in [9.17, 15) is 39.3 Å². The molecule has 0 unspecified atom stereocenters. The van der Waals surface area contributed by atoms with Crippen LogP contribution < -0.4 is 31.9 Å². The fourth-order valence-corrected chi connectivity index (χ4v) is 11.9. The van der Waals surface area contributed by atoms with Crippen LogP contribution in [0.1, 0.15) is 89.3 Å². The molecule has 83 heavy (non-hydrogen) atoms. The van der Waals surface area contributed by atoms with Gasteiger partial charge in [0.05, 0.1) is 12.1 Å². The monoisotopic (exact) mass is 1180 g/mol. The van der Waals surface area contributed by atoms with E-state index >= 15 is 9.59 Å². The lowest BCUT2D eigenvalue weighted by Crippen LogP contribution is -2.60. The van der Waals surface area contributed by atoms with Crippen LogP contribution >= 0.6 is 21.6 Å². The van der Waals surface area contributed by atoms with E-state index in [1.807, 2.05) is 72.8 Å². The number of carbonyl (C=O) groups is 7. The summed E-state index contributed by atoms with van der Waals surface area (Å²) in [6.07, 6.45) is 1.77. The van der Waals surface area contributed by atoms with Gasteiger partial charge in [0.1, 0.15) is 40.5 Å². The molecule has 3 aromatic carbocycles. The maximum Gasteiger partial charge on any atom is 0.407 e. The number of unbranched alkanes of at least 4 members (excludes halogenated alkanes) is 1. The maximum atomic E-state index is 15.1. The van der Waals surface area contributed by atoms with E-state index in [2.05, 4.69) is 41.9 Å². The number of nitrogens with zero attached hydrogens (tertiary/aromatic N) is 3. The third-order valence-electron chi connectivity index (χ3n) is 14.1. The highest BCUT2D eigenvalue weighted by Gasteiger charge is 2.37. The van der Waals surface area contributed by atoms with Crippen LogP contribution in [0.15, 0.2) is 114 Å². The summed E-state index contributed by atoms with van der Waals surface area (Å²) in [7, 11) is 6.47. The van der Waals surface area contributed by atoms with Crippen molar-refractivity contribution in [3.05, 3.63) is 126 Å². The van der Waals surface area contributed by atoms with Crippen LogP contribution in [0.4, 0.5) is 4.79 Å². The van der Waals surface area contributed by atoms with Gasteiger partial charge in [-0.15, -0.1) is 0 Å². The zero-order valence-electron chi connectivity index (χ0n) is 48.0. The minimum Gasteiger partial charge on any atom is -0.508 e. The van der Waals surface area contributed by atoms with E-state index in [-0.39, 0.29) is 56.7 Å². The van der Waals surface area contributed by atoms with Gasteiger partial charge < -0.3 is 66.7 Å². The van der Waals surface area contributed by atoms with Gasteiger partial charge in [0, 0.05) is 74.5 Å². The number of phenolic OH excluding ortho intramolecular Hbond substituents is 1. The number of ether oxygens (including phenoxy) is 1. The van der Waals surface area contributed by atoms with Crippen LogP contribution in [0.25, 0.3) is 10.9 Å². The Balaban J connectivity index is 1.26. The zero-order chi connectivity index (χ0) is 60.1. The van der Waals surface area contributed by atoms with Crippen molar-refractivity contribution >= 4 is 74.0 Å². The third kappa shape index (κ3) is 20.9. The molecule has 10 N–H and O–H groups in total. The molecule has 448 valence electrons. The van der Waals surface area contributed by atoms with E-state index in [4.69, 9.17) is 4.74 Å². The summed E-state index contributed by atoms with van der Waals surface area (Å²) >= 11 is 0. The molecule has 0 bridgehead atoms. The maximum absolute atomic E-state index is 15.1. The van der Waals surface area contributed by atoms with Crippen molar-refractivity contribution in [1.29, 1.82) is 0 Å². The summed E-state index contributed by atoms with van der Waals surface area (Å²) in [5, 5.41) is 49.3. The highest BCUT2D eigenvalue weighted by Crippen LogP contribution is 2.37. The number of phenols is 1. The molecule has 1 aliphatic rings. The van der Waals surface area contributed by atoms with Crippen LogP contribution in [0.3, 0.4) is 0 Å². The van der Waals surface area contributed by atoms with Gasteiger partial charge in [-0.3, -0.25) is 28.8 Å². The van der Waals surface area contributed by atoms with E-state index in [1.54, 1.807) is 78.8 Å². The summed E-state index contributed by atoms with van der Waals surface area (Å²) in [4.78, 5) is 110. The molecule has 7 atom stereocenters. The number of piperidine rings is 1. The number of hydrogen-bond acceptors (Lipinski definition) is 15. The number of benzene rings is 3. The number of aromatic amines is 1. The number of aliphatic hydroxyl groups is 2. The zero-order valence-corrected chi connectivity index (χ0v) is 49.6. The highest BCUT2D eigenvalue weighted by molar-refractivity contribution is 8.76. The molecule has 5 aromatic rings. The molecule has 0 radical (unpaired) electrons. The number of aromatic hydroxyl groups is 1. The third-order valence-corrected chi connectivity index (χ3v) is 17.0. The van der Waals surface area contributed by atoms with Crippen LogP contribution in [0, 0.1) is 0 Å². The fourth-order valence-electron chi connectivity index (χ4n) is 9.43. The Morgan fingerprint density at radius 2 is 1.36 bits per heavy atom. The first-order valence-corrected chi connectivity index (χ1v) is 30.3. The van der Waals surface area contributed by atoms with Crippen molar-refractivity contribution in [3.8, 4) is 5.75 Å². The van der Waals surface area contributed by atoms with Crippen molar-refractivity contribution in [2.75, 3.05) is 33.7 Å². The minimum absolute atomic E-state index is 0.00640. The van der Waals surface area contributed by atoms with Crippen molar-refractivity contribution < 1.29 is 53.6 Å². The number of para-hydroxylation sites is 1. The first kappa shape index (κ1) is 65.0. The van der Waals surface area contributed by atoms with Gasteiger partial charge in [0.2, 0.25) is 35.4 Å². The first-order valence-electron chi connectivity index (χ1n) is 28.0. The van der Waals surface area contributed by atoms with Crippen molar-refractivity contribution in [2.45, 2.75) is 150 Å². The second-order valence-electron chi connectivity index (χ2n) is 21.7. The standard InChI is InChI=1S/C60H80N10O11S2/c1-38(71)53(74)68-54(75)46(20-12-14-31-63-59(80)81-60(2,3)4)65-56(77)48(36-41-37-64-45-19-11-10-18-44(41)45)66-55(76)47(34-40-22-24-42(72)25-23-40)67-57(78)50(69(6)58(79)49(61-5)35-39-16-8-7-9-17-39)26-27-52(73)70-32-28-43(29-33-70)82-83-51-21-13-15-30-62-51/h7-11,13,15-19,21-25,30,37-38,43,46-50,53,61,64,71-72,74H,12,14,20,26-29,31-36H2,1-6H3,(H,63,80)(H,65,77)(H,66,76)(H,67,78)(H,68,75)/t38-,46+,47+,48-,49+,50+,53-/m1/s1. The Hall–Kier alpha value is -7.18. The average Bonchev–Trinajstić information content (AvgIpc) is 4.06. The van der Waals surface area contributed by atoms with E-state index in [1.165, 1.54) is 31.0 Å². The Morgan fingerprint density at radius 3 is 2.02 bits per heavy atom. The van der Waals surface area contributed by atoms with Crippen molar-refractivity contribution in [3.63, 3.8) is 0 Å². The molecular weight excluding hydrogens is 1100 g/mol. The first-order chi connectivity index (χ1) is 39.7. The molecule has 1 saturated heterocycles. The molecule has 1 fully saturated rings. The van der Waals surface area contributed by atoms with Gasteiger partial charge in [-0.05, 0) is 138 Å². The summed E-state index contributed by atoms with van der Waals surface area (Å²) < 4.78 is 5.32. The van der Waals surface area contributed by atoms with Gasteiger partial charge in [0.15, 0.2) is 6.23 Å². The van der Waals surface area contributed by atoms with E-state index < -0.39 is 83.8 Å². The van der Waals surface area contributed by atoms with E-state index in [0.717, 1.165) is 34.3 Å². The molecule has 0 spiro atoms. The lowest BCUT2D eigenvalue weighted by molar-refractivity contribution is -0.142. The number of amides is 7. The number of aliphatic hydroxyl groups excluding tert-OH is 2. The summed E-state index contributed by atoms with van der Waals surface area (Å²) in [5.41, 5.74) is 2.05. The van der Waals surface area contributed by atoms with Crippen molar-refractivity contribution in [1.82, 2.24) is 51.7 Å². The number of fused-ring (bicyclic) bond motifs is 1. The van der Waals surface area contributed by atoms with Gasteiger partial charge >= 0.3 is 6.09 Å². The van der Waals surface area contributed by atoms with E-state index in [0.29, 0.717) is 42.3 Å². The van der Waals surface area contributed by atoms with Gasteiger partial charge in [0.25, 0.3) is 0 Å². The molecule has 2 aromatic heterocycles. The molecule has 0 saturated carbocycles. The molecule has 6 rings (SSSR count). The molecule has 21 nitrogen and oxygen atoms in total. The van der Waals surface area contributed by atoms with Crippen LogP contribution in [0.2, 0.25) is 0 Å². The number of likely N-dealkylation sites (N-methyl/N-ethyl adjacent to an activating group) is 2. The molecule has 0 aliphatic carbocycles. The number of H-pyrrole nitrogens is 1. The van der Waals surface area contributed by atoms with Crippen LogP contribution in [0.5, 0.6) is 5.75 Å². The number of nitrogens with one attached hydrogen (secondary N) is 7. The number of pyridine rings is 1. The number of alkyl carbamates (subject to hydrolysis) is 1. The number of likely N-dealkylation sites (tertiary alicyclic amines) is 1. The summed E-state index contributed by atoms with van der Waals surface area (Å²) in [6, 6.07) is 22.3. The predicted molar refractivity (Wildman–Crippen MR) is 320 cm³/mol. The van der Waals surface area contributed by atoms with Crippen LogP contribution in [-0.4, -0.2) is 164 Å². The average molecular weight is 1180 g/mol. The van der Waals surface area contributed by atoms with Crippen LogP contribution in [-0.2, 0) is 52.8 Å². The second kappa shape index (κ2) is 32.0. The lowest BCUT2D eigenvalue weighted by Gasteiger charge is -2.34. The summed E-state index contributed by atoms with van der Waals surface area (Å²) in [6.45, 7) is 7.67. The topological polar surface area (TPSA) is 297 Å². The predicted octanol–water partition coefficient (Wildman–Crippen LogP) is 4.89. The molecule has 23 heteroatoms. The Bertz CT molecular complexity index is 2900. The molecule has 7 amide bonds. The SMILES string of the molecule is CN[C@@H](Cc1ccccc1)C(=O)N(C)[C@@H](CCC(=O)N1CCC(SSc2ccccn2)CC1)C(=O)N[C@@H](Cc1ccc(O)cc1)C(=O)N[C@H](Cc1c[nH]c2ccccc12)C(=O)N[C@@H](CCCCNC(=O)OC(C)(C)C)C(=O)N[C@H](O)[C@@H](C)O. The van der Waals surface area contributed by atoms with Gasteiger partial charge in [-0.1, -0.05) is 77.5 Å². The normalized spacial score (nSPS) is 15.3. The minimum atomic E-state index is -1.68. The number of rotatable bonds is 29. The summed E-state index contributed by atoms with van der Waals surface area (Å²) in [5.74, 6) is -3.84. The second-order valence-corrected chi connectivity index (χ2v) is 24.2. The molecular formula is C60H80N10O11S2.